The molecular weight excluding hydrogens is 306 g/mol. The van der Waals surface area contributed by atoms with E-state index in [2.05, 4.69) is 28.6 Å². The number of β-amino-alcohol motifs (C(OH)–C–C–N with tert-alkyl or cyclic N) is 2. The topological polar surface area (TPSA) is 60.8 Å². The van der Waals surface area contributed by atoms with Gasteiger partial charge in [0.15, 0.2) is 0 Å². The van der Waals surface area contributed by atoms with Gasteiger partial charge >= 0.3 is 0 Å². The monoisotopic (exact) mass is 317 g/mol. The second-order valence-corrected chi connectivity index (χ2v) is 5.38. The Morgan fingerprint density at radius 2 is 1.94 bits per heavy atom. The van der Waals surface area contributed by atoms with Gasteiger partial charge in [-0.3, -0.25) is 4.79 Å². The van der Waals surface area contributed by atoms with Gasteiger partial charge in [-0.25, -0.2) is 0 Å². The smallest absolute Gasteiger partial charge is 0.255 e. The number of likely N-dealkylation sites (tertiary alicyclic amines) is 1. The van der Waals surface area contributed by atoms with E-state index >= 15 is 0 Å². The predicted molar refractivity (Wildman–Crippen MR) is 69.3 cm³/mol. The van der Waals surface area contributed by atoms with E-state index in [1.807, 2.05) is 0 Å². The Morgan fingerprint density at radius 3 is 2.53 bits per heavy atom. The summed E-state index contributed by atoms with van der Waals surface area (Å²) in [6, 6.07) is 5.18. The third-order valence-electron chi connectivity index (χ3n) is 2.73. The van der Waals surface area contributed by atoms with E-state index in [0.29, 0.717) is 14.9 Å². The Bertz CT molecular complexity index is 444. The van der Waals surface area contributed by atoms with Crippen LogP contribution in [0.5, 0.6) is 0 Å². The summed E-state index contributed by atoms with van der Waals surface area (Å²) in [4.78, 5) is 14.3. The van der Waals surface area contributed by atoms with Crippen LogP contribution in [0.1, 0.15) is 10.4 Å². The zero-order valence-corrected chi connectivity index (χ0v) is 11.4. The molecule has 0 aliphatic carbocycles. The number of amides is 1. The van der Waals surface area contributed by atoms with Crippen molar-refractivity contribution >= 4 is 34.5 Å². The minimum atomic E-state index is -0.864. The lowest BCUT2D eigenvalue weighted by Gasteiger charge is -2.16. The first-order chi connectivity index (χ1) is 7.99. The first-order valence-electron chi connectivity index (χ1n) is 5.13. The molecule has 92 valence electrons. The molecule has 1 saturated heterocycles. The number of halogens is 1. The van der Waals surface area contributed by atoms with Crippen molar-refractivity contribution in [2.45, 2.75) is 17.1 Å². The molecule has 0 radical (unpaired) electrons. The molecule has 2 rings (SSSR count). The molecule has 2 atom stereocenters. The number of carbonyl (C=O) groups is 1. The van der Waals surface area contributed by atoms with Crippen LogP contribution in [0.3, 0.4) is 0 Å². The zero-order valence-electron chi connectivity index (χ0n) is 8.88. The van der Waals surface area contributed by atoms with Crippen molar-refractivity contribution in [1.82, 2.24) is 4.90 Å². The van der Waals surface area contributed by atoms with Crippen molar-refractivity contribution in [2.24, 2.45) is 0 Å². The molecule has 1 aliphatic heterocycles. The normalized spacial score (nSPS) is 24.1. The number of nitrogens with zero attached hydrogens (tertiary/aromatic N) is 1. The molecule has 2 unspecified atom stereocenters. The van der Waals surface area contributed by atoms with Crippen molar-refractivity contribution in [3.63, 3.8) is 0 Å². The van der Waals surface area contributed by atoms with Crippen molar-refractivity contribution in [3.05, 3.63) is 28.2 Å². The number of carbonyl (C=O) groups excluding carboxylic acids is 1. The highest BCUT2D eigenvalue weighted by molar-refractivity contribution is 9.10. The average Bonchev–Trinajstić information content (AvgIpc) is 2.62. The van der Waals surface area contributed by atoms with Gasteiger partial charge in [0, 0.05) is 22.5 Å². The molecule has 4 nitrogen and oxygen atoms in total. The standard InChI is InChI=1S/C11H12BrNO3S/c12-8-2-1-6(17)3-7(8)11(16)13-4-9(14)10(15)5-13/h1-3,9-10,14-15,17H,4-5H2. The molecule has 1 heterocycles. The summed E-state index contributed by atoms with van der Waals surface area (Å²) in [5.74, 6) is -0.219. The quantitative estimate of drug-likeness (QED) is 0.675. The molecule has 1 aromatic rings. The molecule has 0 spiro atoms. The molecule has 17 heavy (non-hydrogen) atoms. The van der Waals surface area contributed by atoms with Gasteiger partial charge in [0.1, 0.15) is 0 Å². The van der Waals surface area contributed by atoms with E-state index in [-0.39, 0.29) is 19.0 Å². The van der Waals surface area contributed by atoms with E-state index in [0.717, 1.165) is 0 Å². The summed E-state index contributed by atoms with van der Waals surface area (Å²) >= 11 is 7.49. The van der Waals surface area contributed by atoms with Gasteiger partial charge in [-0.1, -0.05) is 0 Å². The zero-order chi connectivity index (χ0) is 12.6. The fourth-order valence-corrected chi connectivity index (χ4v) is 2.40. The predicted octanol–water partition coefficient (Wildman–Crippen LogP) is 0.915. The second-order valence-electron chi connectivity index (χ2n) is 4.01. The van der Waals surface area contributed by atoms with Crippen LogP contribution in [0.15, 0.2) is 27.6 Å². The maximum Gasteiger partial charge on any atom is 0.255 e. The van der Waals surface area contributed by atoms with Crippen LogP contribution in [0.25, 0.3) is 0 Å². The second kappa shape index (κ2) is 4.97. The Labute approximate surface area is 113 Å². The lowest BCUT2D eigenvalue weighted by atomic mass is 10.2. The minimum Gasteiger partial charge on any atom is -0.388 e. The number of rotatable bonds is 1. The number of thiol groups is 1. The third-order valence-corrected chi connectivity index (χ3v) is 3.70. The summed E-state index contributed by atoms with van der Waals surface area (Å²) in [6.07, 6.45) is -1.73. The third kappa shape index (κ3) is 2.65. The molecule has 1 aliphatic rings. The molecule has 0 saturated carbocycles. The Kier molecular flexibility index (Phi) is 3.77. The van der Waals surface area contributed by atoms with Crippen molar-refractivity contribution in [2.75, 3.05) is 13.1 Å². The Balaban J connectivity index is 2.23. The van der Waals surface area contributed by atoms with Gasteiger partial charge < -0.3 is 15.1 Å². The highest BCUT2D eigenvalue weighted by atomic mass is 79.9. The summed E-state index contributed by atoms with van der Waals surface area (Å²) in [5.41, 5.74) is 0.485. The SMILES string of the molecule is O=C(c1cc(S)ccc1Br)N1CC(O)C(O)C1. The van der Waals surface area contributed by atoms with Gasteiger partial charge in [0.05, 0.1) is 17.8 Å². The fraction of sp³-hybridized carbons (Fsp3) is 0.364. The Hall–Kier alpha value is -0.560. The first-order valence-corrected chi connectivity index (χ1v) is 6.37. The van der Waals surface area contributed by atoms with Gasteiger partial charge in [-0.15, -0.1) is 12.6 Å². The van der Waals surface area contributed by atoms with E-state index in [1.165, 1.54) is 4.90 Å². The van der Waals surface area contributed by atoms with E-state index in [1.54, 1.807) is 18.2 Å². The van der Waals surface area contributed by atoms with Crippen LogP contribution in [-0.4, -0.2) is 46.3 Å². The maximum atomic E-state index is 12.2. The molecule has 1 fully saturated rings. The first kappa shape index (κ1) is 12.9. The van der Waals surface area contributed by atoms with Gasteiger partial charge in [-0.2, -0.15) is 0 Å². The average molecular weight is 318 g/mol. The van der Waals surface area contributed by atoms with Crippen molar-refractivity contribution in [3.8, 4) is 0 Å². The molecule has 1 amide bonds. The summed E-state index contributed by atoms with van der Waals surface area (Å²) in [7, 11) is 0. The summed E-state index contributed by atoms with van der Waals surface area (Å²) in [5, 5.41) is 18.8. The van der Waals surface area contributed by atoms with Crippen LogP contribution >= 0.6 is 28.6 Å². The number of aliphatic hydroxyl groups excluding tert-OH is 2. The largest absolute Gasteiger partial charge is 0.388 e. The van der Waals surface area contributed by atoms with Gasteiger partial charge in [0.2, 0.25) is 0 Å². The molecule has 2 N–H and O–H groups in total. The van der Waals surface area contributed by atoms with Gasteiger partial charge in [-0.05, 0) is 34.1 Å². The number of hydrogen-bond donors (Lipinski definition) is 3. The Morgan fingerprint density at radius 1 is 1.35 bits per heavy atom. The minimum absolute atomic E-state index is 0.156. The van der Waals surface area contributed by atoms with Crippen molar-refractivity contribution in [1.29, 1.82) is 0 Å². The highest BCUT2D eigenvalue weighted by Crippen LogP contribution is 2.23. The summed E-state index contributed by atoms with van der Waals surface area (Å²) < 4.78 is 0.677. The summed E-state index contributed by atoms with van der Waals surface area (Å²) in [6.45, 7) is 0.312. The van der Waals surface area contributed by atoms with Gasteiger partial charge in [0.25, 0.3) is 5.91 Å². The lowest BCUT2D eigenvalue weighted by Crippen LogP contribution is -2.30. The van der Waals surface area contributed by atoms with Crippen LogP contribution in [0.2, 0.25) is 0 Å². The lowest BCUT2D eigenvalue weighted by molar-refractivity contribution is 0.0572. The molecule has 6 heteroatoms. The molecule has 0 aromatic heterocycles. The number of aliphatic hydroxyl groups is 2. The number of hydrogen-bond acceptors (Lipinski definition) is 4. The van der Waals surface area contributed by atoms with Crippen LogP contribution in [-0.2, 0) is 0 Å². The number of benzene rings is 1. The molecular formula is C11H12BrNO3S. The van der Waals surface area contributed by atoms with E-state index in [9.17, 15) is 15.0 Å². The molecule has 1 aromatic carbocycles. The van der Waals surface area contributed by atoms with Crippen LogP contribution in [0, 0.1) is 0 Å². The fourth-order valence-electron chi connectivity index (χ4n) is 1.78. The van der Waals surface area contributed by atoms with E-state index in [4.69, 9.17) is 0 Å². The highest BCUT2D eigenvalue weighted by Gasteiger charge is 2.33. The maximum absolute atomic E-state index is 12.2. The van der Waals surface area contributed by atoms with Crippen LogP contribution < -0.4 is 0 Å². The van der Waals surface area contributed by atoms with Crippen molar-refractivity contribution < 1.29 is 15.0 Å². The van der Waals surface area contributed by atoms with Crippen LogP contribution in [0.4, 0.5) is 0 Å². The molecule has 0 bridgehead atoms. The van der Waals surface area contributed by atoms with E-state index < -0.39 is 12.2 Å².